The van der Waals surface area contributed by atoms with Crippen LogP contribution in [0.25, 0.3) is 11.0 Å². The molecule has 8 nitrogen and oxygen atoms in total. The van der Waals surface area contributed by atoms with E-state index in [1.165, 1.54) is 20.2 Å². The highest BCUT2D eigenvalue weighted by molar-refractivity contribution is 7.89. The Morgan fingerprint density at radius 1 is 1.07 bits per heavy atom. The summed E-state index contributed by atoms with van der Waals surface area (Å²) in [5.41, 5.74) is 2.47. The highest BCUT2D eigenvalue weighted by atomic mass is 32.2. The lowest BCUT2D eigenvalue weighted by molar-refractivity contribution is 0.240. The van der Waals surface area contributed by atoms with Gasteiger partial charge in [0.2, 0.25) is 10.0 Å². The normalized spacial score (nSPS) is 11.7. The van der Waals surface area contributed by atoms with Crippen LogP contribution < -0.4 is 10.6 Å². The number of carbonyl (C=O) groups is 1. The highest BCUT2D eigenvalue weighted by Gasteiger charge is 2.20. The number of imidazole rings is 1. The zero-order valence-electron chi connectivity index (χ0n) is 16.5. The van der Waals surface area contributed by atoms with Crippen LogP contribution in [0, 0.1) is 0 Å². The summed E-state index contributed by atoms with van der Waals surface area (Å²) in [6.07, 6.45) is 1.46. The third kappa shape index (κ3) is 5.12. The molecule has 9 heteroatoms. The molecule has 0 saturated carbocycles. The minimum Gasteiger partial charge on any atom is -0.342 e. The van der Waals surface area contributed by atoms with E-state index in [4.69, 9.17) is 0 Å². The Morgan fingerprint density at radius 3 is 2.55 bits per heavy atom. The number of carbonyl (C=O) groups excluding carboxylic acids is 1. The van der Waals surface area contributed by atoms with Crippen molar-refractivity contribution in [1.29, 1.82) is 0 Å². The van der Waals surface area contributed by atoms with Crippen molar-refractivity contribution in [1.82, 2.24) is 24.9 Å². The maximum atomic E-state index is 12.4. The fourth-order valence-electron chi connectivity index (χ4n) is 2.92. The molecule has 3 aromatic rings. The van der Waals surface area contributed by atoms with E-state index in [2.05, 4.69) is 20.6 Å². The van der Waals surface area contributed by atoms with Gasteiger partial charge in [0, 0.05) is 33.6 Å². The molecule has 2 amide bonds. The van der Waals surface area contributed by atoms with Gasteiger partial charge < -0.3 is 15.6 Å². The van der Waals surface area contributed by atoms with Crippen molar-refractivity contribution in [2.75, 3.05) is 20.6 Å². The first-order valence-corrected chi connectivity index (χ1v) is 10.8. The van der Waals surface area contributed by atoms with Gasteiger partial charge in [0.1, 0.15) is 5.82 Å². The molecule has 0 atom stereocenters. The molecule has 0 spiro atoms. The van der Waals surface area contributed by atoms with Crippen LogP contribution in [-0.2, 0) is 23.0 Å². The van der Waals surface area contributed by atoms with Gasteiger partial charge >= 0.3 is 6.03 Å². The number of amides is 2. The minimum absolute atomic E-state index is 0.124. The maximum absolute atomic E-state index is 12.4. The van der Waals surface area contributed by atoms with Crippen LogP contribution in [0.1, 0.15) is 17.8 Å². The zero-order valence-corrected chi connectivity index (χ0v) is 17.3. The molecule has 2 aromatic carbocycles. The second-order valence-electron chi connectivity index (χ2n) is 6.81. The number of fused-ring (bicyclic) bond motifs is 1. The topological polar surface area (TPSA) is 107 Å². The molecule has 3 N–H and O–H groups in total. The third-order valence-electron chi connectivity index (χ3n) is 4.48. The van der Waals surface area contributed by atoms with Crippen molar-refractivity contribution in [2.45, 2.75) is 24.3 Å². The number of benzene rings is 2. The van der Waals surface area contributed by atoms with Crippen LogP contribution in [0.3, 0.4) is 0 Å². The molecule has 0 fully saturated rings. The monoisotopic (exact) mass is 415 g/mol. The number of urea groups is 1. The second-order valence-corrected chi connectivity index (χ2v) is 8.93. The van der Waals surface area contributed by atoms with Gasteiger partial charge in [-0.05, 0) is 30.2 Å². The SMILES string of the molecule is CN(C)S(=O)(=O)c1ccccc1CNC(=O)NCCCc1nc2ccccc2[nH]1. The number of rotatable bonds is 8. The zero-order chi connectivity index (χ0) is 20.9. The number of aromatic nitrogens is 2. The Bertz CT molecular complexity index is 1060. The molecule has 3 rings (SSSR count). The number of aromatic amines is 1. The average molecular weight is 416 g/mol. The largest absolute Gasteiger partial charge is 0.342 e. The number of hydrogen-bond donors (Lipinski definition) is 3. The molecule has 0 aliphatic carbocycles. The molecule has 1 heterocycles. The molecular weight excluding hydrogens is 390 g/mol. The van der Waals surface area contributed by atoms with Gasteiger partial charge in [0.05, 0.1) is 15.9 Å². The summed E-state index contributed by atoms with van der Waals surface area (Å²) < 4.78 is 25.9. The maximum Gasteiger partial charge on any atom is 0.315 e. The molecule has 0 saturated heterocycles. The molecule has 1 aromatic heterocycles. The Kier molecular flexibility index (Phi) is 6.50. The van der Waals surface area contributed by atoms with E-state index in [0.717, 1.165) is 34.0 Å². The van der Waals surface area contributed by atoms with Crippen molar-refractivity contribution in [3.05, 3.63) is 59.9 Å². The van der Waals surface area contributed by atoms with Gasteiger partial charge in [-0.2, -0.15) is 0 Å². The molecule has 0 aliphatic heterocycles. The molecule has 0 radical (unpaired) electrons. The lowest BCUT2D eigenvalue weighted by Crippen LogP contribution is -2.36. The first-order chi connectivity index (χ1) is 13.9. The van der Waals surface area contributed by atoms with Crippen molar-refractivity contribution in [3.8, 4) is 0 Å². The summed E-state index contributed by atoms with van der Waals surface area (Å²) in [6.45, 7) is 0.610. The Balaban J connectivity index is 1.47. The Hall–Kier alpha value is -2.91. The number of para-hydroxylation sites is 2. The Labute approximate surface area is 170 Å². The van der Waals surface area contributed by atoms with E-state index in [1.807, 2.05) is 24.3 Å². The standard InChI is InChI=1S/C20H25N5O3S/c1-25(2)29(27,28)18-11-6-3-8-15(18)14-22-20(26)21-13-7-12-19-23-16-9-4-5-10-17(16)24-19/h3-6,8-11H,7,12-14H2,1-2H3,(H,23,24)(H2,21,22,26). The predicted molar refractivity (Wildman–Crippen MR) is 112 cm³/mol. The first kappa shape index (κ1) is 20.8. The minimum atomic E-state index is -3.57. The summed E-state index contributed by atoms with van der Waals surface area (Å²) in [7, 11) is -0.606. The number of aryl methyl sites for hydroxylation is 1. The Morgan fingerprint density at radius 2 is 1.79 bits per heavy atom. The van der Waals surface area contributed by atoms with Crippen LogP contribution in [0.15, 0.2) is 53.4 Å². The van der Waals surface area contributed by atoms with Gasteiger partial charge in [-0.1, -0.05) is 30.3 Å². The average Bonchev–Trinajstić information content (AvgIpc) is 3.12. The molecule has 0 unspecified atom stereocenters. The van der Waals surface area contributed by atoms with Gasteiger partial charge in [-0.15, -0.1) is 0 Å². The van der Waals surface area contributed by atoms with Crippen molar-refractivity contribution in [2.24, 2.45) is 0 Å². The fourth-order valence-corrected chi connectivity index (χ4v) is 4.03. The van der Waals surface area contributed by atoms with Gasteiger partial charge in [-0.3, -0.25) is 0 Å². The molecular formula is C20H25N5O3S. The quantitative estimate of drug-likeness (QED) is 0.491. The van der Waals surface area contributed by atoms with E-state index < -0.39 is 10.0 Å². The van der Waals surface area contributed by atoms with E-state index in [1.54, 1.807) is 18.2 Å². The number of hydrogen-bond acceptors (Lipinski definition) is 4. The summed E-state index contributed by atoms with van der Waals surface area (Å²) in [6, 6.07) is 14.1. The predicted octanol–water partition coefficient (Wildman–Crippen LogP) is 2.25. The van der Waals surface area contributed by atoms with E-state index in [9.17, 15) is 13.2 Å². The van der Waals surface area contributed by atoms with Crippen LogP contribution in [0.5, 0.6) is 0 Å². The van der Waals surface area contributed by atoms with Crippen molar-refractivity contribution >= 4 is 27.1 Å². The molecule has 29 heavy (non-hydrogen) atoms. The third-order valence-corrected chi connectivity index (χ3v) is 6.40. The molecule has 154 valence electrons. The second kappa shape index (κ2) is 9.06. The number of nitrogens with one attached hydrogen (secondary N) is 3. The summed E-state index contributed by atoms with van der Waals surface area (Å²) in [4.78, 5) is 20.0. The summed E-state index contributed by atoms with van der Waals surface area (Å²) >= 11 is 0. The van der Waals surface area contributed by atoms with Gasteiger partial charge in [-0.25, -0.2) is 22.5 Å². The molecule has 0 aliphatic rings. The van der Waals surface area contributed by atoms with Crippen LogP contribution in [-0.4, -0.2) is 49.4 Å². The summed E-state index contributed by atoms with van der Waals surface area (Å²) in [5, 5.41) is 5.50. The van der Waals surface area contributed by atoms with Crippen LogP contribution in [0.2, 0.25) is 0 Å². The van der Waals surface area contributed by atoms with Crippen LogP contribution >= 0.6 is 0 Å². The number of nitrogens with zero attached hydrogens (tertiary/aromatic N) is 2. The first-order valence-electron chi connectivity index (χ1n) is 9.33. The fraction of sp³-hybridized carbons (Fsp3) is 0.300. The van der Waals surface area contributed by atoms with Crippen molar-refractivity contribution < 1.29 is 13.2 Å². The number of sulfonamides is 1. The van der Waals surface area contributed by atoms with Crippen molar-refractivity contribution in [3.63, 3.8) is 0 Å². The van der Waals surface area contributed by atoms with E-state index >= 15 is 0 Å². The van der Waals surface area contributed by atoms with Gasteiger partial charge in [0.25, 0.3) is 0 Å². The lowest BCUT2D eigenvalue weighted by atomic mass is 10.2. The van der Waals surface area contributed by atoms with E-state index in [0.29, 0.717) is 12.1 Å². The molecule has 0 bridgehead atoms. The van der Waals surface area contributed by atoms with Crippen LogP contribution in [0.4, 0.5) is 4.79 Å². The smallest absolute Gasteiger partial charge is 0.315 e. The lowest BCUT2D eigenvalue weighted by Gasteiger charge is -2.15. The van der Waals surface area contributed by atoms with E-state index in [-0.39, 0.29) is 17.5 Å². The summed E-state index contributed by atoms with van der Waals surface area (Å²) in [5.74, 6) is 0.885. The van der Waals surface area contributed by atoms with Gasteiger partial charge in [0.15, 0.2) is 0 Å². The number of H-pyrrole nitrogens is 1. The highest BCUT2D eigenvalue weighted by Crippen LogP contribution is 2.18.